The van der Waals surface area contributed by atoms with Gasteiger partial charge in [-0.15, -0.1) is 0 Å². The molecule has 1 saturated heterocycles. The fourth-order valence-electron chi connectivity index (χ4n) is 4.38. The highest BCUT2D eigenvalue weighted by Gasteiger charge is 2.34. The molecule has 1 aliphatic carbocycles. The number of anilines is 1. The molecule has 3 heterocycles. The Labute approximate surface area is 171 Å². The maximum atomic E-state index is 12.4. The van der Waals surface area contributed by atoms with Crippen molar-refractivity contribution < 1.29 is 9.90 Å². The monoisotopic (exact) mass is 398 g/mol. The number of pyridine rings is 1. The number of aromatic nitrogens is 3. The zero-order chi connectivity index (χ0) is 20.1. The first-order valence-corrected chi connectivity index (χ1v) is 10.5. The van der Waals surface area contributed by atoms with Crippen LogP contribution in [0.4, 0.5) is 5.82 Å². The van der Waals surface area contributed by atoms with Crippen LogP contribution in [0.1, 0.15) is 19.3 Å². The van der Waals surface area contributed by atoms with E-state index in [-0.39, 0.29) is 11.9 Å². The summed E-state index contributed by atoms with van der Waals surface area (Å²) in [6.07, 6.45) is 7.03. The summed E-state index contributed by atoms with van der Waals surface area (Å²) >= 11 is 0. The van der Waals surface area contributed by atoms with Gasteiger partial charge in [0.25, 0.3) is 0 Å². The largest absolute Gasteiger partial charge is 0.391 e. The standard InChI is InChI=1S/C21H30N6O2/c28-19-15-17(16-27-8-3-7-23-27)14-18(19)24-21(29)5-9-25-10-12-26(13-11-25)20-4-1-2-6-22-20/h1-4,6-8,17-19,28H,5,9-16H2,(H,24,29)/t17?,18-,19-/m1/s1. The van der Waals surface area contributed by atoms with E-state index in [0.717, 1.165) is 51.5 Å². The van der Waals surface area contributed by atoms with E-state index < -0.39 is 6.10 Å². The van der Waals surface area contributed by atoms with Crippen molar-refractivity contribution in [2.75, 3.05) is 37.6 Å². The van der Waals surface area contributed by atoms with Gasteiger partial charge < -0.3 is 15.3 Å². The van der Waals surface area contributed by atoms with Gasteiger partial charge in [-0.1, -0.05) is 6.07 Å². The lowest BCUT2D eigenvalue weighted by molar-refractivity contribution is -0.122. The van der Waals surface area contributed by atoms with Crippen molar-refractivity contribution in [2.24, 2.45) is 5.92 Å². The van der Waals surface area contributed by atoms with Gasteiger partial charge in [0, 0.05) is 64.3 Å². The molecule has 2 aromatic heterocycles. The number of aliphatic hydroxyl groups is 1. The van der Waals surface area contributed by atoms with Crippen molar-refractivity contribution >= 4 is 11.7 Å². The highest BCUT2D eigenvalue weighted by molar-refractivity contribution is 5.76. The van der Waals surface area contributed by atoms with Crippen LogP contribution in [0.15, 0.2) is 42.9 Å². The van der Waals surface area contributed by atoms with Crippen molar-refractivity contribution in [3.05, 3.63) is 42.9 Å². The number of amides is 1. The quantitative estimate of drug-likeness (QED) is 0.716. The van der Waals surface area contributed by atoms with Gasteiger partial charge in [0.2, 0.25) is 5.91 Å². The van der Waals surface area contributed by atoms with Gasteiger partial charge >= 0.3 is 0 Å². The molecular formula is C21H30N6O2. The average molecular weight is 399 g/mol. The van der Waals surface area contributed by atoms with Crippen molar-refractivity contribution in [1.82, 2.24) is 25.0 Å². The number of nitrogens with zero attached hydrogens (tertiary/aromatic N) is 5. The van der Waals surface area contributed by atoms with Crippen LogP contribution in [0, 0.1) is 5.92 Å². The van der Waals surface area contributed by atoms with Gasteiger partial charge in [0.15, 0.2) is 0 Å². The summed E-state index contributed by atoms with van der Waals surface area (Å²) in [7, 11) is 0. The maximum Gasteiger partial charge on any atom is 0.221 e. The molecular weight excluding hydrogens is 368 g/mol. The first-order valence-electron chi connectivity index (χ1n) is 10.5. The van der Waals surface area contributed by atoms with Crippen LogP contribution in [-0.2, 0) is 11.3 Å². The molecule has 1 aliphatic heterocycles. The van der Waals surface area contributed by atoms with Gasteiger partial charge in [-0.05, 0) is 37.0 Å². The number of nitrogens with one attached hydrogen (secondary N) is 1. The highest BCUT2D eigenvalue weighted by Crippen LogP contribution is 2.27. The number of aliphatic hydroxyl groups excluding tert-OH is 1. The Bertz CT molecular complexity index is 761. The fraction of sp³-hybridized carbons (Fsp3) is 0.571. The average Bonchev–Trinajstić information content (AvgIpc) is 3.37. The third-order valence-corrected chi connectivity index (χ3v) is 5.98. The van der Waals surface area contributed by atoms with Gasteiger partial charge in [-0.2, -0.15) is 5.10 Å². The minimum atomic E-state index is -0.471. The number of piperazine rings is 1. The topological polar surface area (TPSA) is 86.5 Å². The van der Waals surface area contributed by atoms with E-state index in [2.05, 4.69) is 25.2 Å². The summed E-state index contributed by atoms with van der Waals surface area (Å²) in [5.74, 6) is 1.39. The number of hydrogen-bond donors (Lipinski definition) is 2. The molecule has 0 spiro atoms. The molecule has 0 radical (unpaired) electrons. The Morgan fingerprint density at radius 1 is 1.14 bits per heavy atom. The molecule has 1 unspecified atom stereocenters. The Balaban J connectivity index is 1.16. The Kier molecular flexibility index (Phi) is 6.41. The molecule has 8 heteroatoms. The fourth-order valence-corrected chi connectivity index (χ4v) is 4.38. The van der Waals surface area contributed by atoms with Crippen LogP contribution in [0.25, 0.3) is 0 Å². The normalized spacial score (nSPS) is 25.3. The van der Waals surface area contributed by atoms with E-state index in [9.17, 15) is 9.90 Å². The third kappa shape index (κ3) is 5.33. The minimum Gasteiger partial charge on any atom is -0.391 e. The number of carbonyl (C=O) groups excluding carboxylic acids is 1. The van der Waals surface area contributed by atoms with E-state index in [1.165, 1.54) is 0 Å². The smallest absolute Gasteiger partial charge is 0.221 e. The molecule has 1 amide bonds. The second kappa shape index (κ2) is 9.37. The number of carbonyl (C=O) groups is 1. The van der Waals surface area contributed by atoms with Gasteiger partial charge in [0.1, 0.15) is 5.82 Å². The van der Waals surface area contributed by atoms with Crippen LogP contribution in [0.3, 0.4) is 0 Å². The Hall–Kier alpha value is -2.45. The Morgan fingerprint density at radius 2 is 2.00 bits per heavy atom. The van der Waals surface area contributed by atoms with Crippen LogP contribution >= 0.6 is 0 Å². The second-order valence-electron chi connectivity index (χ2n) is 8.07. The summed E-state index contributed by atoms with van der Waals surface area (Å²) in [5, 5.41) is 17.6. The molecule has 4 rings (SSSR count). The molecule has 29 heavy (non-hydrogen) atoms. The lowest BCUT2D eigenvalue weighted by atomic mass is 10.1. The summed E-state index contributed by atoms with van der Waals surface area (Å²) in [4.78, 5) is 21.4. The summed E-state index contributed by atoms with van der Waals surface area (Å²) in [6.45, 7) is 5.26. The van der Waals surface area contributed by atoms with Crippen LogP contribution in [0.5, 0.6) is 0 Å². The maximum absolute atomic E-state index is 12.4. The summed E-state index contributed by atoms with van der Waals surface area (Å²) in [6, 6.07) is 7.73. The Morgan fingerprint density at radius 3 is 2.72 bits per heavy atom. The molecule has 0 aromatic carbocycles. The van der Waals surface area contributed by atoms with E-state index in [0.29, 0.717) is 18.8 Å². The molecule has 2 N–H and O–H groups in total. The van der Waals surface area contributed by atoms with Crippen LogP contribution in [0.2, 0.25) is 0 Å². The van der Waals surface area contributed by atoms with E-state index in [4.69, 9.17) is 0 Å². The zero-order valence-corrected chi connectivity index (χ0v) is 16.7. The summed E-state index contributed by atoms with van der Waals surface area (Å²) < 4.78 is 1.90. The molecule has 2 aliphatic rings. The van der Waals surface area contributed by atoms with Gasteiger partial charge in [-0.3, -0.25) is 14.4 Å². The third-order valence-electron chi connectivity index (χ3n) is 5.98. The second-order valence-corrected chi connectivity index (χ2v) is 8.07. The molecule has 1 saturated carbocycles. The molecule has 3 atom stereocenters. The minimum absolute atomic E-state index is 0.0287. The molecule has 2 aromatic rings. The highest BCUT2D eigenvalue weighted by atomic mass is 16.3. The van der Waals surface area contributed by atoms with Gasteiger partial charge in [-0.25, -0.2) is 4.98 Å². The van der Waals surface area contributed by atoms with Crippen LogP contribution < -0.4 is 10.2 Å². The van der Waals surface area contributed by atoms with Crippen molar-refractivity contribution in [3.8, 4) is 0 Å². The predicted octanol–water partition coefficient (Wildman–Crippen LogP) is 0.746. The molecule has 2 fully saturated rings. The molecule has 8 nitrogen and oxygen atoms in total. The first-order chi connectivity index (χ1) is 14.2. The SMILES string of the molecule is O=C(CCN1CCN(c2ccccn2)CC1)N[C@@H]1CC(Cn2cccn2)C[C@H]1O. The van der Waals surface area contributed by atoms with Crippen LogP contribution in [-0.4, -0.2) is 75.5 Å². The van der Waals surface area contributed by atoms with Crippen molar-refractivity contribution in [1.29, 1.82) is 0 Å². The van der Waals surface area contributed by atoms with E-state index in [1.807, 2.05) is 41.3 Å². The van der Waals surface area contributed by atoms with E-state index >= 15 is 0 Å². The molecule has 0 bridgehead atoms. The lowest BCUT2D eigenvalue weighted by Gasteiger charge is -2.35. The zero-order valence-electron chi connectivity index (χ0n) is 16.7. The number of hydrogen-bond acceptors (Lipinski definition) is 6. The predicted molar refractivity (Wildman–Crippen MR) is 110 cm³/mol. The number of rotatable bonds is 7. The molecule has 156 valence electrons. The summed E-state index contributed by atoms with van der Waals surface area (Å²) in [5.41, 5.74) is 0. The lowest BCUT2D eigenvalue weighted by Crippen LogP contribution is -2.48. The first kappa shape index (κ1) is 19.8. The van der Waals surface area contributed by atoms with Gasteiger partial charge in [0.05, 0.1) is 12.1 Å². The van der Waals surface area contributed by atoms with E-state index in [1.54, 1.807) is 6.20 Å². The van der Waals surface area contributed by atoms with Crippen molar-refractivity contribution in [2.45, 2.75) is 38.0 Å². The van der Waals surface area contributed by atoms with Crippen molar-refractivity contribution in [3.63, 3.8) is 0 Å².